The lowest BCUT2D eigenvalue weighted by Gasteiger charge is -2.13. The molecule has 0 saturated carbocycles. The fourth-order valence-electron chi connectivity index (χ4n) is 2.73. The van der Waals surface area contributed by atoms with Gasteiger partial charge in [-0.15, -0.1) is 0 Å². The van der Waals surface area contributed by atoms with Crippen LogP contribution < -0.4 is 14.8 Å². The molecule has 31 heavy (non-hydrogen) atoms. The summed E-state index contributed by atoms with van der Waals surface area (Å²) in [4.78, 5) is 18.6. The molecule has 11 heteroatoms. The number of hydrogen-bond donors (Lipinski definition) is 2. The number of halogens is 2. The highest BCUT2D eigenvalue weighted by Gasteiger charge is 2.23. The number of carbonyl (C=O) groups excluding carboxylic acids is 1. The number of aryl methyl sites for hydroxylation is 1. The minimum atomic E-state index is -4.47. The first-order valence-corrected chi connectivity index (χ1v) is 10.4. The van der Waals surface area contributed by atoms with Crippen molar-refractivity contribution in [2.45, 2.75) is 18.7 Å². The predicted octanol–water partition coefficient (Wildman–Crippen LogP) is 3.50. The second-order valence-corrected chi connectivity index (χ2v) is 8.14. The van der Waals surface area contributed by atoms with E-state index in [9.17, 15) is 22.0 Å². The number of pyridine rings is 2. The lowest BCUT2D eigenvalue weighted by atomic mass is 10.1. The van der Waals surface area contributed by atoms with Crippen LogP contribution >= 0.6 is 0 Å². The van der Waals surface area contributed by atoms with E-state index < -0.39 is 32.3 Å². The third kappa shape index (κ3) is 4.94. The first-order valence-electron chi connectivity index (χ1n) is 8.87. The molecule has 0 bridgehead atoms. The summed E-state index contributed by atoms with van der Waals surface area (Å²) in [5.74, 6) is -2.59. The SMILES string of the molecule is COc1cc(F)c(S(=O)(=O)Nc2cc(-c3ccnc(NC(C)=O)c3)cnc2C)cc1F. The summed E-state index contributed by atoms with van der Waals surface area (Å²) in [6.45, 7) is 2.90. The van der Waals surface area contributed by atoms with Crippen LogP contribution in [0.15, 0.2) is 47.6 Å². The van der Waals surface area contributed by atoms with Gasteiger partial charge in [0.25, 0.3) is 10.0 Å². The Labute approximate surface area is 177 Å². The smallest absolute Gasteiger partial charge is 0.264 e. The van der Waals surface area contributed by atoms with Gasteiger partial charge in [0.05, 0.1) is 18.5 Å². The van der Waals surface area contributed by atoms with Crippen molar-refractivity contribution in [3.8, 4) is 16.9 Å². The molecule has 0 radical (unpaired) electrons. The highest BCUT2D eigenvalue weighted by atomic mass is 32.2. The molecule has 2 aromatic heterocycles. The van der Waals surface area contributed by atoms with Gasteiger partial charge in [-0.25, -0.2) is 22.2 Å². The summed E-state index contributed by atoms with van der Waals surface area (Å²) >= 11 is 0. The molecule has 2 N–H and O–H groups in total. The summed E-state index contributed by atoms with van der Waals surface area (Å²) in [5.41, 5.74) is 1.51. The Morgan fingerprint density at radius 2 is 1.81 bits per heavy atom. The minimum Gasteiger partial charge on any atom is -0.494 e. The van der Waals surface area contributed by atoms with Gasteiger partial charge in [-0.05, 0) is 30.7 Å². The van der Waals surface area contributed by atoms with E-state index in [1.54, 1.807) is 19.1 Å². The number of carbonyl (C=O) groups is 1. The van der Waals surface area contributed by atoms with Crippen molar-refractivity contribution in [3.05, 3.63) is 60.1 Å². The van der Waals surface area contributed by atoms with Crippen molar-refractivity contribution in [2.24, 2.45) is 0 Å². The second kappa shape index (κ2) is 8.64. The third-order valence-electron chi connectivity index (χ3n) is 4.22. The molecular weight excluding hydrogens is 430 g/mol. The molecule has 0 fully saturated rings. The molecule has 0 aliphatic heterocycles. The molecule has 0 unspecified atom stereocenters. The Kier molecular flexibility index (Phi) is 6.16. The van der Waals surface area contributed by atoms with Gasteiger partial charge in [0.2, 0.25) is 5.91 Å². The van der Waals surface area contributed by atoms with Crippen molar-refractivity contribution in [1.29, 1.82) is 0 Å². The van der Waals surface area contributed by atoms with Crippen LogP contribution in [-0.2, 0) is 14.8 Å². The van der Waals surface area contributed by atoms with Gasteiger partial charge in [-0.2, -0.15) is 0 Å². The van der Waals surface area contributed by atoms with Crippen LogP contribution in [0.2, 0.25) is 0 Å². The van der Waals surface area contributed by atoms with Gasteiger partial charge in [-0.3, -0.25) is 14.5 Å². The number of sulfonamides is 1. The zero-order valence-corrected chi connectivity index (χ0v) is 17.5. The van der Waals surface area contributed by atoms with Crippen LogP contribution in [-0.4, -0.2) is 31.4 Å². The van der Waals surface area contributed by atoms with Gasteiger partial charge >= 0.3 is 0 Å². The fraction of sp³-hybridized carbons (Fsp3) is 0.150. The summed E-state index contributed by atoms with van der Waals surface area (Å²) in [6, 6.07) is 5.93. The summed E-state index contributed by atoms with van der Waals surface area (Å²) in [6.07, 6.45) is 2.98. The summed E-state index contributed by atoms with van der Waals surface area (Å²) in [5, 5.41) is 2.55. The van der Waals surface area contributed by atoms with Gasteiger partial charge in [0.1, 0.15) is 16.5 Å². The molecule has 1 amide bonds. The van der Waals surface area contributed by atoms with Crippen LogP contribution in [0.1, 0.15) is 12.6 Å². The standard InChI is InChI=1S/C20H18F2N4O4S/c1-11-17(26-31(28,29)19-9-15(21)18(30-3)8-16(19)22)6-14(10-24-11)13-4-5-23-20(7-13)25-12(2)27/h4-10,26H,1-3H3,(H,23,25,27). The lowest BCUT2D eigenvalue weighted by Crippen LogP contribution is -2.16. The number of rotatable bonds is 6. The highest BCUT2D eigenvalue weighted by Crippen LogP contribution is 2.29. The number of amides is 1. The van der Waals surface area contributed by atoms with E-state index >= 15 is 0 Å². The molecule has 0 aliphatic rings. The number of benzene rings is 1. The molecule has 8 nitrogen and oxygen atoms in total. The third-order valence-corrected chi connectivity index (χ3v) is 5.60. The van der Waals surface area contributed by atoms with E-state index in [-0.39, 0.29) is 11.6 Å². The molecule has 0 atom stereocenters. The zero-order chi connectivity index (χ0) is 22.8. The maximum Gasteiger partial charge on any atom is 0.264 e. The van der Waals surface area contributed by atoms with E-state index in [0.717, 1.165) is 7.11 Å². The second-order valence-electron chi connectivity index (χ2n) is 6.49. The van der Waals surface area contributed by atoms with E-state index in [4.69, 9.17) is 0 Å². The number of ether oxygens (including phenoxy) is 1. The molecule has 3 aromatic rings. The first-order chi connectivity index (χ1) is 14.6. The van der Waals surface area contributed by atoms with Crippen molar-refractivity contribution in [1.82, 2.24) is 9.97 Å². The molecule has 0 spiro atoms. The van der Waals surface area contributed by atoms with Gasteiger partial charge in [0.15, 0.2) is 11.6 Å². The fourth-order valence-corrected chi connectivity index (χ4v) is 3.91. The zero-order valence-electron chi connectivity index (χ0n) is 16.7. The Hall–Kier alpha value is -3.60. The summed E-state index contributed by atoms with van der Waals surface area (Å²) in [7, 11) is -3.33. The average molecular weight is 448 g/mol. The van der Waals surface area contributed by atoms with E-state index in [0.29, 0.717) is 34.8 Å². The monoisotopic (exact) mass is 448 g/mol. The number of anilines is 2. The first kappa shape index (κ1) is 22.1. The quantitative estimate of drug-likeness (QED) is 0.597. The van der Waals surface area contributed by atoms with Crippen LogP contribution in [0.4, 0.5) is 20.3 Å². The van der Waals surface area contributed by atoms with Gasteiger partial charge in [-0.1, -0.05) is 0 Å². The average Bonchev–Trinajstić information content (AvgIpc) is 2.70. The Morgan fingerprint density at radius 3 is 2.48 bits per heavy atom. The summed E-state index contributed by atoms with van der Waals surface area (Å²) < 4.78 is 60.6. The van der Waals surface area contributed by atoms with Crippen molar-refractivity contribution >= 4 is 27.4 Å². The van der Waals surface area contributed by atoms with E-state index in [2.05, 4.69) is 24.7 Å². The largest absolute Gasteiger partial charge is 0.494 e. The Balaban J connectivity index is 1.98. The topological polar surface area (TPSA) is 110 Å². The molecule has 162 valence electrons. The predicted molar refractivity (Wildman–Crippen MR) is 110 cm³/mol. The number of hydrogen-bond acceptors (Lipinski definition) is 6. The van der Waals surface area contributed by atoms with Crippen molar-refractivity contribution in [2.75, 3.05) is 17.1 Å². The maximum atomic E-state index is 14.3. The van der Waals surface area contributed by atoms with E-state index in [1.807, 2.05) is 0 Å². The van der Waals surface area contributed by atoms with Crippen LogP contribution in [0.5, 0.6) is 5.75 Å². The Morgan fingerprint density at radius 1 is 1.06 bits per heavy atom. The van der Waals surface area contributed by atoms with Crippen LogP contribution in [0.3, 0.4) is 0 Å². The van der Waals surface area contributed by atoms with Gasteiger partial charge < -0.3 is 10.1 Å². The normalized spacial score (nSPS) is 11.1. The Bertz CT molecular complexity index is 1270. The van der Waals surface area contributed by atoms with Crippen molar-refractivity contribution in [3.63, 3.8) is 0 Å². The van der Waals surface area contributed by atoms with E-state index in [1.165, 1.54) is 25.4 Å². The van der Waals surface area contributed by atoms with Crippen LogP contribution in [0.25, 0.3) is 11.1 Å². The molecule has 0 saturated heterocycles. The molecule has 3 rings (SSSR count). The highest BCUT2D eigenvalue weighted by molar-refractivity contribution is 7.92. The lowest BCUT2D eigenvalue weighted by molar-refractivity contribution is -0.114. The number of nitrogens with zero attached hydrogens (tertiary/aromatic N) is 2. The molecule has 1 aromatic carbocycles. The van der Waals surface area contributed by atoms with Gasteiger partial charge in [0, 0.05) is 37.0 Å². The number of nitrogens with one attached hydrogen (secondary N) is 2. The number of aromatic nitrogens is 2. The molecular formula is C20H18F2N4O4S. The molecule has 2 heterocycles. The van der Waals surface area contributed by atoms with Crippen molar-refractivity contribution < 1.29 is 26.7 Å². The van der Waals surface area contributed by atoms with Crippen LogP contribution in [0, 0.1) is 18.6 Å². The number of methoxy groups -OCH3 is 1. The minimum absolute atomic E-state index is 0.0750. The maximum absolute atomic E-state index is 14.3. The molecule has 0 aliphatic carbocycles.